The largest absolute Gasteiger partial charge is 0.484 e. The fourth-order valence-corrected chi connectivity index (χ4v) is 2.13. The first kappa shape index (κ1) is 14.5. The monoisotopic (exact) mass is 273 g/mol. The zero-order valence-corrected chi connectivity index (χ0v) is 11.8. The summed E-state index contributed by atoms with van der Waals surface area (Å²) in [5, 5.41) is 0. The lowest BCUT2D eigenvalue weighted by molar-refractivity contribution is 0.169. The van der Waals surface area contributed by atoms with Gasteiger partial charge in [0.1, 0.15) is 17.7 Å². The van der Waals surface area contributed by atoms with E-state index in [0.29, 0.717) is 0 Å². The van der Waals surface area contributed by atoms with Gasteiger partial charge in [-0.25, -0.2) is 4.39 Å². The Kier molecular flexibility index (Phi) is 4.74. The number of nitrogens with two attached hydrogens (primary N) is 1. The van der Waals surface area contributed by atoms with Gasteiger partial charge in [0.25, 0.3) is 0 Å². The first-order valence-corrected chi connectivity index (χ1v) is 6.85. The summed E-state index contributed by atoms with van der Waals surface area (Å²) in [6, 6.07) is 14.0. The maximum absolute atomic E-state index is 13.4. The zero-order valence-electron chi connectivity index (χ0n) is 11.8. The van der Waals surface area contributed by atoms with Crippen LogP contribution in [-0.4, -0.2) is 6.04 Å². The minimum absolute atomic E-state index is 0.184. The molecule has 0 bridgehead atoms. The Bertz CT molecular complexity index is 570. The van der Waals surface area contributed by atoms with E-state index in [4.69, 9.17) is 10.5 Å². The molecule has 2 unspecified atom stereocenters. The number of ether oxygens (including phenoxy) is 1. The highest BCUT2D eigenvalue weighted by atomic mass is 19.1. The summed E-state index contributed by atoms with van der Waals surface area (Å²) < 4.78 is 19.5. The molecular weight excluding hydrogens is 253 g/mol. The molecule has 0 aromatic heterocycles. The van der Waals surface area contributed by atoms with Gasteiger partial charge >= 0.3 is 0 Å². The highest BCUT2D eigenvalue weighted by Crippen LogP contribution is 2.28. The summed E-state index contributed by atoms with van der Waals surface area (Å²) in [5.74, 6) is 0.509. The molecule has 0 fully saturated rings. The minimum atomic E-state index is -0.350. The molecule has 106 valence electrons. The van der Waals surface area contributed by atoms with Crippen LogP contribution in [0.2, 0.25) is 0 Å². The summed E-state index contributed by atoms with van der Waals surface area (Å²) in [7, 11) is 0. The molecule has 2 aromatic carbocycles. The molecule has 3 heteroatoms. The van der Waals surface area contributed by atoms with Crippen molar-refractivity contribution in [3.05, 3.63) is 65.5 Å². The molecule has 2 rings (SSSR count). The predicted octanol–water partition coefficient (Wildman–Crippen LogP) is 3.99. The quantitative estimate of drug-likeness (QED) is 0.894. The van der Waals surface area contributed by atoms with E-state index in [1.165, 1.54) is 12.1 Å². The lowest BCUT2D eigenvalue weighted by Crippen LogP contribution is -2.31. The molecule has 0 aliphatic heterocycles. The van der Waals surface area contributed by atoms with Crippen molar-refractivity contribution in [2.75, 3.05) is 0 Å². The Labute approximate surface area is 119 Å². The number of benzene rings is 2. The number of aryl methyl sites for hydroxylation is 1. The highest BCUT2D eigenvalue weighted by molar-refractivity contribution is 5.33. The zero-order chi connectivity index (χ0) is 14.5. The van der Waals surface area contributed by atoms with Crippen LogP contribution in [0.5, 0.6) is 5.75 Å². The summed E-state index contributed by atoms with van der Waals surface area (Å²) in [6.45, 7) is 3.98. The van der Waals surface area contributed by atoms with Crippen LogP contribution in [0.25, 0.3) is 0 Å². The van der Waals surface area contributed by atoms with Gasteiger partial charge in [0.05, 0.1) is 0 Å². The lowest BCUT2D eigenvalue weighted by Gasteiger charge is -2.25. The van der Waals surface area contributed by atoms with Crippen LogP contribution in [-0.2, 0) is 0 Å². The highest BCUT2D eigenvalue weighted by Gasteiger charge is 2.21. The molecule has 20 heavy (non-hydrogen) atoms. The van der Waals surface area contributed by atoms with E-state index in [1.54, 1.807) is 6.07 Å². The molecule has 0 saturated heterocycles. The van der Waals surface area contributed by atoms with E-state index >= 15 is 0 Å². The molecule has 0 aliphatic carbocycles. The number of para-hydroxylation sites is 1. The maximum Gasteiger partial charge on any atom is 0.139 e. The van der Waals surface area contributed by atoms with Crippen molar-refractivity contribution in [3.8, 4) is 5.75 Å². The van der Waals surface area contributed by atoms with Crippen LogP contribution < -0.4 is 10.5 Å². The summed E-state index contributed by atoms with van der Waals surface area (Å²) in [5.41, 5.74) is 7.96. The second-order valence-corrected chi connectivity index (χ2v) is 4.93. The second-order valence-electron chi connectivity index (χ2n) is 4.93. The smallest absolute Gasteiger partial charge is 0.139 e. The van der Waals surface area contributed by atoms with Crippen molar-refractivity contribution >= 4 is 0 Å². The van der Waals surface area contributed by atoms with Crippen LogP contribution in [0.15, 0.2) is 48.5 Å². The van der Waals surface area contributed by atoms with Gasteiger partial charge < -0.3 is 10.5 Å². The first-order chi connectivity index (χ1) is 9.61. The topological polar surface area (TPSA) is 35.2 Å². The molecule has 2 aromatic rings. The van der Waals surface area contributed by atoms with Crippen molar-refractivity contribution < 1.29 is 9.13 Å². The van der Waals surface area contributed by atoms with Gasteiger partial charge in [-0.05, 0) is 42.7 Å². The van der Waals surface area contributed by atoms with E-state index in [9.17, 15) is 4.39 Å². The van der Waals surface area contributed by atoms with E-state index in [2.05, 4.69) is 0 Å². The van der Waals surface area contributed by atoms with Gasteiger partial charge in [-0.15, -0.1) is 0 Å². The van der Waals surface area contributed by atoms with Crippen molar-refractivity contribution in [2.45, 2.75) is 32.4 Å². The van der Waals surface area contributed by atoms with Crippen molar-refractivity contribution in [1.82, 2.24) is 0 Å². The molecule has 0 spiro atoms. The molecule has 0 amide bonds. The Hall–Kier alpha value is -1.87. The van der Waals surface area contributed by atoms with Gasteiger partial charge in [-0.1, -0.05) is 37.3 Å². The van der Waals surface area contributed by atoms with E-state index < -0.39 is 0 Å². The van der Waals surface area contributed by atoms with Crippen molar-refractivity contribution in [1.29, 1.82) is 0 Å². The fraction of sp³-hybridized carbons (Fsp3) is 0.294. The van der Waals surface area contributed by atoms with Crippen LogP contribution in [0.4, 0.5) is 4.39 Å². The molecular formula is C17H20FNO. The average Bonchev–Trinajstić information content (AvgIpc) is 2.45. The molecule has 2 nitrogen and oxygen atoms in total. The molecule has 2 N–H and O–H groups in total. The number of hydrogen-bond donors (Lipinski definition) is 1. The summed E-state index contributed by atoms with van der Waals surface area (Å²) in [4.78, 5) is 0. The predicted molar refractivity (Wildman–Crippen MR) is 79.2 cm³/mol. The van der Waals surface area contributed by atoms with E-state index in [-0.39, 0.29) is 18.0 Å². The van der Waals surface area contributed by atoms with Gasteiger partial charge in [0.15, 0.2) is 0 Å². The van der Waals surface area contributed by atoms with Gasteiger partial charge in [-0.3, -0.25) is 0 Å². The SMILES string of the molecule is CCC(N)C(Oc1ccccc1C)c1cccc(F)c1. The number of hydrogen-bond acceptors (Lipinski definition) is 2. The Morgan fingerprint density at radius 2 is 1.90 bits per heavy atom. The molecule has 2 atom stereocenters. The third-order valence-electron chi connectivity index (χ3n) is 3.39. The van der Waals surface area contributed by atoms with Crippen molar-refractivity contribution in [3.63, 3.8) is 0 Å². The van der Waals surface area contributed by atoms with Gasteiger partial charge in [0, 0.05) is 6.04 Å². The maximum atomic E-state index is 13.4. The second kappa shape index (κ2) is 6.53. The fourth-order valence-electron chi connectivity index (χ4n) is 2.13. The Morgan fingerprint density at radius 1 is 1.15 bits per heavy atom. The van der Waals surface area contributed by atoms with Crippen LogP contribution in [0.1, 0.15) is 30.6 Å². The summed E-state index contributed by atoms with van der Waals surface area (Å²) >= 11 is 0. The average molecular weight is 273 g/mol. The summed E-state index contributed by atoms with van der Waals surface area (Å²) in [6.07, 6.45) is 0.407. The lowest BCUT2D eigenvalue weighted by atomic mass is 10.0. The molecule has 0 heterocycles. The Balaban J connectivity index is 2.31. The van der Waals surface area contributed by atoms with Gasteiger partial charge in [-0.2, -0.15) is 0 Å². The van der Waals surface area contributed by atoms with E-state index in [1.807, 2.05) is 44.2 Å². The van der Waals surface area contributed by atoms with Crippen LogP contribution in [0.3, 0.4) is 0 Å². The molecule has 0 aliphatic rings. The Morgan fingerprint density at radius 3 is 2.55 bits per heavy atom. The van der Waals surface area contributed by atoms with E-state index in [0.717, 1.165) is 23.3 Å². The van der Waals surface area contributed by atoms with Gasteiger partial charge in [0.2, 0.25) is 0 Å². The minimum Gasteiger partial charge on any atom is -0.484 e. The number of halogens is 1. The normalized spacial score (nSPS) is 13.8. The molecule has 0 radical (unpaired) electrons. The van der Waals surface area contributed by atoms with Crippen LogP contribution in [0, 0.1) is 12.7 Å². The van der Waals surface area contributed by atoms with Crippen molar-refractivity contribution in [2.24, 2.45) is 5.73 Å². The van der Waals surface area contributed by atoms with Crippen LogP contribution >= 0.6 is 0 Å². The first-order valence-electron chi connectivity index (χ1n) is 6.85. The molecule has 0 saturated carbocycles. The third-order valence-corrected chi connectivity index (χ3v) is 3.39. The number of rotatable bonds is 5. The standard InChI is InChI=1S/C17H20FNO/c1-3-15(19)17(13-8-6-9-14(18)11-13)20-16-10-5-4-7-12(16)2/h4-11,15,17H,3,19H2,1-2H3. The third kappa shape index (κ3) is 3.36.